The summed E-state index contributed by atoms with van der Waals surface area (Å²) in [4.78, 5) is 13.6. The highest BCUT2D eigenvalue weighted by Gasteiger charge is 2.15. The molecule has 24 heavy (non-hydrogen) atoms. The number of benzene rings is 1. The fourth-order valence-electron chi connectivity index (χ4n) is 2.55. The number of ether oxygens (including phenoxy) is 1. The van der Waals surface area contributed by atoms with Gasteiger partial charge in [-0.15, -0.1) is 0 Å². The van der Waals surface area contributed by atoms with Crippen molar-refractivity contribution in [3.8, 4) is 0 Å². The van der Waals surface area contributed by atoms with Crippen LogP contribution in [0.4, 0.5) is 5.69 Å². The van der Waals surface area contributed by atoms with Gasteiger partial charge in [0.1, 0.15) is 0 Å². The lowest BCUT2D eigenvalue weighted by molar-refractivity contribution is -0.114. The predicted molar refractivity (Wildman–Crippen MR) is 92.5 cm³/mol. The number of sulfonamides is 1. The number of carbonyl (C=O) groups excluding carboxylic acids is 1. The average molecular weight is 355 g/mol. The van der Waals surface area contributed by atoms with Gasteiger partial charge in [-0.3, -0.25) is 9.69 Å². The number of hydrogen-bond acceptors (Lipinski definition) is 5. The van der Waals surface area contributed by atoms with E-state index in [9.17, 15) is 13.2 Å². The first kappa shape index (κ1) is 18.9. The number of aryl methyl sites for hydroxylation is 1. The molecule has 1 heterocycles. The van der Waals surface area contributed by atoms with Gasteiger partial charge < -0.3 is 10.1 Å². The van der Waals surface area contributed by atoms with Crippen LogP contribution in [0.15, 0.2) is 23.1 Å². The third-order valence-electron chi connectivity index (χ3n) is 3.87. The molecule has 0 unspecified atom stereocenters. The number of rotatable bonds is 7. The van der Waals surface area contributed by atoms with E-state index in [0.717, 1.165) is 39.3 Å². The van der Waals surface area contributed by atoms with Gasteiger partial charge in [-0.05, 0) is 43.7 Å². The Bertz CT molecular complexity index is 670. The number of nitrogens with one attached hydrogen (secondary N) is 2. The number of morpholine rings is 1. The normalized spacial score (nSPS) is 16.1. The van der Waals surface area contributed by atoms with E-state index in [1.165, 1.54) is 13.0 Å². The smallest absolute Gasteiger partial charge is 0.240 e. The highest BCUT2D eigenvalue weighted by atomic mass is 32.2. The van der Waals surface area contributed by atoms with Gasteiger partial charge in [0.05, 0.1) is 18.1 Å². The van der Waals surface area contributed by atoms with Gasteiger partial charge in [0.15, 0.2) is 0 Å². The van der Waals surface area contributed by atoms with E-state index in [1.807, 2.05) is 0 Å². The quantitative estimate of drug-likeness (QED) is 0.711. The van der Waals surface area contributed by atoms with Crippen molar-refractivity contribution in [3.63, 3.8) is 0 Å². The van der Waals surface area contributed by atoms with Crippen molar-refractivity contribution < 1.29 is 17.9 Å². The standard InChI is InChI=1S/C16H25N3O4S/c1-13-12-15(4-5-16(13)18-14(2)20)24(21,22)17-6-3-7-19-8-10-23-11-9-19/h4-5,12,17H,3,6-11H2,1-2H3,(H,18,20). The summed E-state index contributed by atoms with van der Waals surface area (Å²) in [7, 11) is -3.54. The van der Waals surface area contributed by atoms with Crippen LogP contribution >= 0.6 is 0 Å². The molecular weight excluding hydrogens is 330 g/mol. The van der Waals surface area contributed by atoms with E-state index in [-0.39, 0.29) is 10.8 Å². The second-order valence-electron chi connectivity index (χ2n) is 5.86. The van der Waals surface area contributed by atoms with Crippen LogP contribution in [0.5, 0.6) is 0 Å². The molecule has 7 nitrogen and oxygen atoms in total. The van der Waals surface area contributed by atoms with E-state index in [0.29, 0.717) is 17.8 Å². The maximum absolute atomic E-state index is 12.3. The Hall–Kier alpha value is -1.48. The van der Waals surface area contributed by atoms with Crippen molar-refractivity contribution in [1.82, 2.24) is 9.62 Å². The Morgan fingerprint density at radius 3 is 2.62 bits per heavy atom. The van der Waals surface area contributed by atoms with E-state index in [1.54, 1.807) is 19.1 Å². The Morgan fingerprint density at radius 2 is 2.00 bits per heavy atom. The van der Waals surface area contributed by atoms with Crippen molar-refractivity contribution in [2.75, 3.05) is 44.7 Å². The van der Waals surface area contributed by atoms with Crippen LogP contribution in [0.25, 0.3) is 0 Å². The van der Waals surface area contributed by atoms with Crippen LogP contribution in [0.1, 0.15) is 18.9 Å². The number of amides is 1. The molecule has 1 saturated heterocycles. The second-order valence-corrected chi connectivity index (χ2v) is 7.63. The summed E-state index contributed by atoms with van der Waals surface area (Å²) in [5.41, 5.74) is 1.33. The molecule has 8 heteroatoms. The Morgan fingerprint density at radius 1 is 1.29 bits per heavy atom. The Kier molecular flexibility index (Phi) is 6.73. The largest absolute Gasteiger partial charge is 0.379 e. The fraction of sp³-hybridized carbons (Fsp3) is 0.562. The summed E-state index contributed by atoms with van der Waals surface area (Å²) in [6.07, 6.45) is 0.752. The second kappa shape index (κ2) is 8.57. The van der Waals surface area contributed by atoms with Crippen molar-refractivity contribution >= 4 is 21.6 Å². The highest BCUT2D eigenvalue weighted by Crippen LogP contribution is 2.19. The average Bonchev–Trinajstić information content (AvgIpc) is 2.54. The van der Waals surface area contributed by atoms with Crippen LogP contribution in [0.2, 0.25) is 0 Å². The van der Waals surface area contributed by atoms with Gasteiger partial charge >= 0.3 is 0 Å². The van der Waals surface area contributed by atoms with Crippen LogP contribution in [-0.4, -0.2) is 58.6 Å². The van der Waals surface area contributed by atoms with Crippen LogP contribution in [0, 0.1) is 6.92 Å². The molecule has 2 N–H and O–H groups in total. The minimum Gasteiger partial charge on any atom is -0.379 e. The molecular formula is C16H25N3O4S. The van der Waals surface area contributed by atoms with Crippen LogP contribution in [0.3, 0.4) is 0 Å². The number of carbonyl (C=O) groups is 1. The van der Waals surface area contributed by atoms with Gasteiger partial charge in [-0.1, -0.05) is 0 Å². The van der Waals surface area contributed by atoms with Crippen molar-refractivity contribution in [1.29, 1.82) is 0 Å². The van der Waals surface area contributed by atoms with E-state index in [4.69, 9.17) is 4.74 Å². The number of hydrogen-bond donors (Lipinski definition) is 2. The van der Waals surface area contributed by atoms with Gasteiger partial charge in [0.25, 0.3) is 0 Å². The van der Waals surface area contributed by atoms with Gasteiger partial charge in [0.2, 0.25) is 15.9 Å². The lowest BCUT2D eigenvalue weighted by Gasteiger charge is -2.26. The third kappa shape index (κ3) is 5.55. The summed E-state index contributed by atoms with van der Waals surface area (Å²) >= 11 is 0. The van der Waals surface area contributed by atoms with Crippen molar-refractivity contribution in [3.05, 3.63) is 23.8 Å². The lowest BCUT2D eigenvalue weighted by atomic mass is 10.2. The highest BCUT2D eigenvalue weighted by molar-refractivity contribution is 7.89. The van der Waals surface area contributed by atoms with E-state index < -0.39 is 10.0 Å². The molecule has 1 amide bonds. The molecule has 134 valence electrons. The lowest BCUT2D eigenvalue weighted by Crippen LogP contribution is -2.38. The first-order chi connectivity index (χ1) is 11.4. The summed E-state index contributed by atoms with van der Waals surface area (Å²) < 4.78 is 32.6. The molecule has 0 radical (unpaired) electrons. The van der Waals surface area contributed by atoms with Crippen LogP contribution in [-0.2, 0) is 19.6 Å². The zero-order valence-corrected chi connectivity index (χ0v) is 15.0. The molecule has 0 aromatic heterocycles. The molecule has 0 atom stereocenters. The minimum absolute atomic E-state index is 0.185. The SMILES string of the molecule is CC(=O)Nc1ccc(S(=O)(=O)NCCCN2CCOCC2)cc1C. The molecule has 1 aromatic carbocycles. The molecule has 1 fully saturated rings. The summed E-state index contributed by atoms with van der Waals surface area (Å²) in [5, 5.41) is 2.67. The Labute approximate surface area is 143 Å². The predicted octanol–water partition coefficient (Wildman–Crippen LogP) is 0.954. The molecule has 2 rings (SSSR count). The van der Waals surface area contributed by atoms with Gasteiger partial charge in [-0.2, -0.15) is 0 Å². The topological polar surface area (TPSA) is 87.7 Å². The maximum atomic E-state index is 12.3. The minimum atomic E-state index is -3.54. The number of nitrogens with zero attached hydrogens (tertiary/aromatic N) is 1. The van der Waals surface area contributed by atoms with E-state index >= 15 is 0 Å². The van der Waals surface area contributed by atoms with Crippen molar-refractivity contribution in [2.24, 2.45) is 0 Å². The molecule has 1 aliphatic rings. The first-order valence-electron chi connectivity index (χ1n) is 8.06. The molecule has 0 aliphatic carbocycles. The summed E-state index contributed by atoms with van der Waals surface area (Å²) in [6, 6.07) is 4.68. The Balaban J connectivity index is 1.87. The van der Waals surface area contributed by atoms with Crippen LogP contribution < -0.4 is 10.0 Å². The third-order valence-corrected chi connectivity index (χ3v) is 5.32. The molecule has 0 bridgehead atoms. The van der Waals surface area contributed by atoms with E-state index in [2.05, 4.69) is 14.9 Å². The summed E-state index contributed by atoms with van der Waals surface area (Å²) in [6.45, 7) is 7.71. The summed E-state index contributed by atoms with van der Waals surface area (Å²) in [5.74, 6) is -0.185. The maximum Gasteiger partial charge on any atom is 0.240 e. The molecule has 0 saturated carbocycles. The zero-order valence-electron chi connectivity index (χ0n) is 14.2. The zero-order chi connectivity index (χ0) is 17.6. The molecule has 1 aliphatic heterocycles. The first-order valence-corrected chi connectivity index (χ1v) is 9.55. The molecule has 1 aromatic rings. The number of anilines is 1. The van der Waals surface area contributed by atoms with Crippen molar-refractivity contribution in [2.45, 2.75) is 25.2 Å². The molecule has 0 spiro atoms. The monoisotopic (exact) mass is 355 g/mol. The van der Waals surface area contributed by atoms with Gasteiger partial charge in [0, 0.05) is 32.2 Å². The van der Waals surface area contributed by atoms with Gasteiger partial charge in [-0.25, -0.2) is 13.1 Å². The fourth-order valence-corrected chi connectivity index (χ4v) is 3.71.